The zero-order valence-electron chi connectivity index (χ0n) is 10.1. The van der Waals surface area contributed by atoms with Gasteiger partial charge >= 0.3 is 0 Å². The molecule has 1 aromatic rings. The molecule has 2 heterocycles. The minimum absolute atomic E-state index is 0.0945. The standard InChI is InChI=1S/C12H17BrN2O2/c1-3-14-7-9(13)6-11(14)12(16)15-5-4-10(8-15)17-2/h6-7,10H,3-5,8H2,1-2H3. The van der Waals surface area contributed by atoms with Crippen molar-refractivity contribution < 1.29 is 9.53 Å². The summed E-state index contributed by atoms with van der Waals surface area (Å²) in [6, 6.07) is 1.88. The molecule has 1 aromatic heterocycles. The molecule has 1 atom stereocenters. The molecule has 0 aliphatic carbocycles. The van der Waals surface area contributed by atoms with E-state index in [1.807, 2.05) is 28.7 Å². The Kier molecular flexibility index (Phi) is 3.89. The highest BCUT2D eigenvalue weighted by Gasteiger charge is 2.28. The SMILES string of the molecule is CCn1cc(Br)cc1C(=O)N1CCC(OC)C1. The molecule has 1 unspecified atom stereocenters. The van der Waals surface area contributed by atoms with Crippen molar-refractivity contribution in [3.8, 4) is 0 Å². The van der Waals surface area contributed by atoms with Crippen LogP contribution < -0.4 is 0 Å². The van der Waals surface area contributed by atoms with Gasteiger partial charge in [-0.05, 0) is 35.3 Å². The van der Waals surface area contributed by atoms with Crippen molar-refractivity contribution in [2.24, 2.45) is 0 Å². The van der Waals surface area contributed by atoms with Gasteiger partial charge in [0.15, 0.2) is 0 Å². The average Bonchev–Trinajstić information content (AvgIpc) is 2.93. The van der Waals surface area contributed by atoms with Crippen LogP contribution in [0, 0.1) is 0 Å². The quantitative estimate of drug-likeness (QED) is 0.857. The molecule has 1 fully saturated rings. The van der Waals surface area contributed by atoms with E-state index in [-0.39, 0.29) is 12.0 Å². The van der Waals surface area contributed by atoms with E-state index in [0.717, 1.165) is 29.7 Å². The van der Waals surface area contributed by atoms with Crippen LogP contribution in [0.15, 0.2) is 16.7 Å². The normalized spacial score (nSPS) is 19.9. The largest absolute Gasteiger partial charge is 0.380 e. The number of aromatic nitrogens is 1. The number of rotatable bonds is 3. The molecule has 2 rings (SSSR count). The highest BCUT2D eigenvalue weighted by molar-refractivity contribution is 9.10. The van der Waals surface area contributed by atoms with Crippen molar-refractivity contribution >= 4 is 21.8 Å². The fraction of sp³-hybridized carbons (Fsp3) is 0.583. The first-order chi connectivity index (χ1) is 8.15. The minimum atomic E-state index is 0.0945. The molecule has 1 saturated heterocycles. The number of carbonyl (C=O) groups excluding carboxylic acids is 1. The van der Waals surface area contributed by atoms with Crippen LogP contribution in [0.4, 0.5) is 0 Å². The third-order valence-corrected chi connectivity index (χ3v) is 3.62. The highest BCUT2D eigenvalue weighted by atomic mass is 79.9. The number of nitrogens with zero attached hydrogens (tertiary/aromatic N) is 2. The molecule has 1 aliphatic heterocycles. The van der Waals surface area contributed by atoms with Crippen LogP contribution in [0.1, 0.15) is 23.8 Å². The Morgan fingerprint density at radius 3 is 3.00 bits per heavy atom. The first-order valence-electron chi connectivity index (χ1n) is 5.83. The third kappa shape index (κ3) is 2.55. The van der Waals surface area contributed by atoms with Crippen LogP contribution in [0.3, 0.4) is 0 Å². The lowest BCUT2D eigenvalue weighted by molar-refractivity contribution is 0.0714. The maximum absolute atomic E-state index is 12.3. The summed E-state index contributed by atoms with van der Waals surface area (Å²) >= 11 is 3.41. The van der Waals surface area contributed by atoms with Crippen LogP contribution in [0.2, 0.25) is 0 Å². The second-order valence-corrected chi connectivity index (χ2v) is 5.14. The molecule has 0 bridgehead atoms. The van der Waals surface area contributed by atoms with Crippen LogP contribution in [0.5, 0.6) is 0 Å². The summed E-state index contributed by atoms with van der Waals surface area (Å²) in [7, 11) is 1.70. The van der Waals surface area contributed by atoms with Gasteiger partial charge in [0.2, 0.25) is 0 Å². The van der Waals surface area contributed by atoms with Gasteiger partial charge in [-0.3, -0.25) is 4.79 Å². The molecule has 4 nitrogen and oxygen atoms in total. The summed E-state index contributed by atoms with van der Waals surface area (Å²) in [6.07, 6.45) is 3.06. The Balaban J connectivity index is 2.14. The summed E-state index contributed by atoms with van der Waals surface area (Å²) in [5.41, 5.74) is 0.746. The van der Waals surface area contributed by atoms with E-state index < -0.39 is 0 Å². The molecule has 0 saturated carbocycles. The third-order valence-electron chi connectivity index (χ3n) is 3.19. The van der Waals surface area contributed by atoms with Gasteiger partial charge in [-0.2, -0.15) is 0 Å². The molecule has 1 aliphatic rings. The van der Waals surface area contributed by atoms with Crippen molar-refractivity contribution in [3.63, 3.8) is 0 Å². The van der Waals surface area contributed by atoms with E-state index in [0.29, 0.717) is 6.54 Å². The summed E-state index contributed by atoms with van der Waals surface area (Å²) in [6.45, 7) is 4.31. The Bertz CT molecular complexity index is 417. The van der Waals surface area contributed by atoms with Gasteiger partial charge in [0, 0.05) is 37.4 Å². The Morgan fingerprint density at radius 2 is 2.41 bits per heavy atom. The van der Waals surface area contributed by atoms with E-state index in [4.69, 9.17) is 4.74 Å². The second-order valence-electron chi connectivity index (χ2n) is 4.23. The highest BCUT2D eigenvalue weighted by Crippen LogP contribution is 2.20. The molecule has 94 valence electrons. The molecular formula is C12H17BrN2O2. The van der Waals surface area contributed by atoms with E-state index in [2.05, 4.69) is 15.9 Å². The lowest BCUT2D eigenvalue weighted by Gasteiger charge is -2.17. The number of methoxy groups -OCH3 is 1. The molecule has 0 N–H and O–H groups in total. The van der Waals surface area contributed by atoms with Crippen LogP contribution in [0.25, 0.3) is 0 Å². The smallest absolute Gasteiger partial charge is 0.270 e. The molecular weight excluding hydrogens is 284 g/mol. The number of ether oxygens (including phenoxy) is 1. The van der Waals surface area contributed by atoms with Crippen molar-refractivity contribution in [3.05, 3.63) is 22.4 Å². The van der Waals surface area contributed by atoms with Crippen molar-refractivity contribution in [1.82, 2.24) is 9.47 Å². The summed E-state index contributed by atoms with van der Waals surface area (Å²) in [5.74, 6) is 0.0945. The number of aryl methyl sites for hydroxylation is 1. The fourth-order valence-electron chi connectivity index (χ4n) is 2.18. The lowest BCUT2D eigenvalue weighted by Crippen LogP contribution is -2.31. The number of likely N-dealkylation sites (tertiary alicyclic amines) is 1. The first kappa shape index (κ1) is 12.6. The first-order valence-corrected chi connectivity index (χ1v) is 6.62. The van der Waals surface area contributed by atoms with Gasteiger partial charge in [0.05, 0.1) is 6.10 Å². The number of hydrogen-bond acceptors (Lipinski definition) is 2. The second kappa shape index (κ2) is 5.23. The maximum Gasteiger partial charge on any atom is 0.270 e. The van der Waals surface area contributed by atoms with Gasteiger partial charge in [0.1, 0.15) is 5.69 Å². The van der Waals surface area contributed by atoms with Gasteiger partial charge in [-0.1, -0.05) is 0 Å². The van der Waals surface area contributed by atoms with E-state index >= 15 is 0 Å². The zero-order chi connectivity index (χ0) is 12.4. The number of carbonyl (C=O) groups is 1. The van der Waals surface area contributed by atoms with Crippen molar-refractivity contribution in [2.45, 2.75) is 26.0 Å². The van der Waals surface area contributed by atoms with E-state index in [1.54, 1.807) is 7.11 Å². The number of hydrogen-bond donors (Lipinski definition) is 0. The minimum Gasteiger partial charge on any atom is -0.380 e. The predicted octanol–water partition coefficient (Wildman–Crippen LogP) is 2.13. The predicted molar refractivity (Wildman–Crippen MR) is 69.1 cm³/mol. The Morgan fingerprint density at radius 1 is 1.65 bits per heavy atom. The van der Waals surface area contributed by atoms with Gasteiger partial charge in [0.25, 0.3) is 5.91 Å². The average molecular weight is 301 g/mol. The number of amides is 1. The molecule has 17 heavy (non-hydrogen) atoms. The summed E-state index contributed by atoms with van der Waals surface area (Å²) < 4.78 is 8.19. The molecule has 5 heteroatoms. The molecule has 0 aromatic carbocycles. The molecule has 0 radical (unpaired) electrons. The van der Waals surface area contributed by atoms with Gasteiger partial charge < -0.3 is 14.2 Å². The van der Waals surface area contributed by atoms with Crippen molar-refractivity contribution in [1.29, 1.82) is 0 Å². The van der Waals surface area contributed by atoms with Gasteiger partial charge in [-0.25, -0.2) is 0 Å². The van der Waals surface area contributed by atoms with E-state index in [9.17, 15) is 4.79 Å². The molecule has 1 amide bonds. The molecule has 0 spiro atoms. The topological polar surface area (TPSA) is 34.5 Å². The number of halogens is 1. The van der Waals surface area contributed by atoms with Crippen molar-refractivity contribution in [2.75, 3.05) is 20.2 Å². The van der Waals surface area contributed by atoms with Crippen LogP contribution >= 0.6 is 15.9 Å². The monoisotopic (exact) mass is 300 g/mol. The van der Waals surface area contributed by atoms with E-state index in [1.165, 1.54) is 0 Å². The fourth-order valence-corrected chi connectivity index (χ4v) is 2.65. The van der Waals surface area contributed by atoms with Gasteiger partial charge in [-0.15, -0.1) is 0 Å². The lowest BCUT2D eigenvalue weighted by atomic mass is 10.3. The van der Waals surface area contributed by atoms with Crippen LogP contribution in [-0.4, -0.2) is 41.7 Å². The zero-order valence-corrected chi connectivity index (χ0v) is 11.7. The Hall–Kier alpha value is -0.810. The summed E-state index contributed by atoms with van der Waals surface area (Å²) in [4.78, 5) is 14.2. The summed E-state index contributed by atoms with van der Waals surface area (Å²) in [5, 5.41) is 0. The maximum atomic E-state index is 12.3. The van der Waals surface area contributed by atoms with Crippen LogP contribution in [-0.2, 0) is 11.3 Å². The Labute approximate surface area is 110 Å².